The topological polar surface area (TPSA) is 76.5 Å². The van der Waals surface area contributed by atoms with Gasteiger partial charge in [0, 0.05) is 6.20 Å². The number of hydrogen-bond donors (Lipinski definition) is 1. The van der Waals surface area contributed by atoms with E-state index in [0.717, 1.165) is 12.3 Å². The Balaban J connectivity index is 2.78. The third kappa shape index (κ3) is 4.12. The van der Waals surface area contributed by atoms with E-state index in [1.807, 2.05) is 0 Å². The number of hydrogen-bond acceptors (Lipinski definition) is 4. The molecular weight excluding hydrogens is 241 g/mol. The van der Waals surface area contributed by atoms with Gasteiger partial charge in [-0.15, -0.1) is 0 Å². The van der Waals surface area contributed by atoms with Crippen LogP contribution in [0.4, 0.5) is 4.39 Å². The quantitative estimate of drug-likeness (QED) is 0.833. The monoisotopic (exact) mass is 255 g/mol. The van der Waals surface area contributed by atoms with Crippen molar-refractivity contribution in [3.05, 3.63) is 29.3 Å². The van der Waals surface area contributed by atoms with Crippen LogP contribution in [0.2, 0.25) is 0 Å². The molecule has 1 heterocycles. The summed E-state index contributed by atoms with van der Waals surface area (Å²) in [5.74, 6) is -2.94. The summed E-state index contributed by atoms with van der Waals surface area (Å²) in [6.07, 6.45) is 0.998. The van der Waals surface area contributed by atoms with Gasteiger partial charge in [-0.25, -0.2) is 14.2 Å². The highest BCUT2D eigenvalue weighted by Crippen LogP contribution is 2.12. The minimum atomic E-state index is -1.45. The predicted octanol–water partition coefficient (Wildman–Crippen LogP) is 1.80. The molecule has 0 saturated carbocycles. The molecule has 1 rings (SSSR count). The number of carboxylic acids is 1. The van der Waals surface area contributed by atoms with Crippen molar-refractivity contribution in [1.29, 1.82) is 0 Å². The van der Waals surface area contributed by atoms with Gasteiger partial charge >= 0.3 is 11.9 Å². The first-order chi connectivity index (χ1) is 8.19. The molecular formula is C12H14FNO4. The average Bonchev–Trinajstić information content (AvgIpc) is 2.13. The van der Waals surface area contributed by atoms with Crippen LogP contribution in [-0.2, 0) is 16.0 Å². The molecule has 5 nitrogen and oxygen atoms in total. The third-order valence-electron chi connectivity index (χ3n) is 1.87. The highest BCUT2D eigenvalue weighted by molar-refractivity contribution is 5.85. The first-order valence-electron chi connectivity index (χ1n) is 5.28. The van der Waals surface area contributed by atoms with Crippen LogP contribution in [-0.4, -0.2) is 27.6 Å². The Labute approximate surface area is 104 Å². The van der Waals surface area contributed by atoms with Crippen LogP contribution in [0.25, 0.3) is 0 Å². The standard InChI is InChI=1S/C12H14FNO4/c1-12(2,3)18-9(15)5-7-4-8(13)10(11(16)17)14-6-7/h4,6H,5H2,1-3H3,(H,16,17). The molecule has 0 fully saturated rings. The van der Waals surface area contributed by atoms with E-state index in [0.29, 0.717) is 0 Å². The summed E-state index contributed by atoms with van der Waals surface area (Å²) in [4.78, 5) is 25.5. The summed E-state index contributed by atoms with van der Waals surface area (Å²) in [5.41, 5.74) is -1.01. The van der Waals surface area contributed by atoms with Crippen LogP contribution in [0, 0.1) is 5.82 Å². The first-order valence-corrected chi connectivity index (χ1v) is 5.28. The van der Waals surface area contributed by atoms with Crippen molar-refractivity contribution in [2.24, 2.45) is 0 Å². The smallest absolute Gasteiger partial charge is 0.357 e. The molecule has 1 aromatic heterocycles. The van der Waals surface area contributed by atoms with Crippen molar-refractivity contribution in [3.63, 3.8) is 0 Å². The minimum absolute atomic E-state index is 0.152. The number of carboxylic acid groups (broad SMARTS) is 1. The molecule has 0 aliphatic heterocycles. The summed E-state index contributed by atoms with van der Waals surface area (Å²) in [5, 5.41) is 8.60. The number of aromatic nitrogens is 1. The molecule has 18 heavy (non-hydrogen) atoms. The fourth-order valence-electron chi connectivity index (χ4n) is 1.28. The molecule has 98 valence electrons. The Kier molecular flexibility index (Phi) is 4.00. The highest BCUT2D eigenvalue weighted by Gasteiger charge is 2.18. The van der Waals surface area contributed by atoms with E-state index in [1.165, 1.54) is 0 Å². The lowest BCUT2D eigenvalue weighted by atomic mass is 10.1. The van der Waals surface area contributed by atoms with Gasteiger partial charge in [0.2, 0.25) is 0 Å². The van der Waals surface area contributed by atoms with Crippen molar-refractivity contribution in [3.8, 4) is 0 Å². The summed E-state index contributed by atoms with van der Waals surface area (Å²) in [6.45, 7) is 5.16. The normalized spacial score (nSPS) is 11.1. The Morgan fingerprint density at radius 1 is 1.44 bits per heavy atom. The number of carbonyl (C=O) groups excluding carboxylic acids is 1. The van der Waals surface area contributed by atoms with Crippen molar-refractivity contribution in [2.75, 3.05) is 0 Å². The van der Waals surface area contributed by atoms with Gasteiger partial charge in [0.15, 0.2) is 11.5 Å². The number of aromatic carboxylic acids is 1. The Bertz CT molecular complexity index is 479. The number of ether oxygens (including phenoxy) is 1. The number of rotatable bonds is 3. The van der Waals surface area contributed by atoms with Crippen LogP contribution in [0.1, 0.15) is 36.8 Å². The number of pyridine rings is 1. The van der Waals surface area contributed by atoms with E-state index in [9.17, 15) is 14.0 Å². The molecule has 0 aromatic carbocycles. The molecule has 6 heteroatoms. The van der Waals surface area contributed by atoms with E-state index in [4.69, 9.17) is 9.84 Å². The molecule has 0 aliphatic rings. The SMILES string of the molecule is CC(C)(C)OC(=O)Cc1cnc(C(=O)O)c(F)c1. The molecule has 0 aliphatic carbocycles. The molecule has 0 unspecified atom stereocenters. The van der Waals surface area contributed by atoms with Crippen molar-refractivity contribution < 1.29 is 23.8 Å². The van der Waals surface area contributed by atoms with Crippen LogP contribution < -0.4 is 0 Å². The fraction of sp³-hybridized carbons (Fsp3) is 0.417. The number of esters is 1. The van der Waals surface area contributed by atoms with Crippen LogP contribution in [0.3, 0.4) is 0 Å². The lowest BCUT2D eigenvalue weighted by molar-refractivity contribution is -0.153. The van der Waals surface area contributed by atoms with Crippen molar-refractivity contribution >= 4 is 11.9 Å². The first kappa shape index (κ1) is 14.1. The molecule has 1 aromatic rings. The van der Waals surface area contributed by atoms with Crippen LogP contribution in [0.15, 0.2) is 12.3 Å². The summed E-state index contributed by atoms with van der Waals surface area (Å²) in [6, 6.07) is 0.973. The van der Waals surface area contributed by atoms with Gasteiger partial charge < -0.3 is 9.84 Å². The minimum Gasteiger partial charge on any atom is -0.476 e. The van der Waals surface area contributed by atoms with E-state index in [2.05, 4.69) is 4.98 Å². The van der Waals surface area contributed by atoms with E-state index >= 15 is 0 Å². The lowest BCUT2D eigenvalue weighted by Crippen LogP contribution is -2.25. The number of halogens is 1. The maximum Gasteiger partial charge on any atom is 0.357 e. The van der Waals surface area contributed by atoms with Gasteiger partial charge in [-0.3, -0.25) is 4.79 Å². The number of carbonyl (C=O) groups is 2. The Hall–Kier alpha value is -1.98. The molecule has 0 bridgehead atoms. The van der Waals surface area contributed by atoms with Gasteiger partial charge in [-0.2, -0.15) is 0 Å². The van der Waals surface area contributed by atoms with Gasteiger partial charge in [0.05, 0.1) is 6.42 Å². The van der Waals surface area contributed by atoms with Gasteiger partial charge in [0.1, 0.15) is 5.60 Å². The van der Waals surface area contributed by atoms with Gasteiger partial charge in [-0.1, -0.05) is 0 Å². The van der Waals surface area contributed by atoms with Crippen molar-refractivity contribution in [1.82, 2.24) is 4.98 Å². The maximum absolute atomic E-state index is 13.3. The zero-order valence-corrected chi connectivity index (χ0v) is 10.4. The van der Waals surface area contributed by atoms with Crippen LogP contribution in [0.5, 0.6) is 0 Å². The lowest BCUT2D eigenvalue weighted by Gasteiger charge is -2.19. The van der Waals surface area contributed by atoms with Gasteiger partial charge in [0.25, 0.3) is 0 Å². The van der Waals surface area contributed by atoms with E-state index < -0.39 is 29.1 Å². The number of nitrogens with zero attached hydrogens (tertiary/aromatic N) is 1. The van der Waals surface area contributed by atoms with E-state index in [1.54, 1.807) is 20.8 Å². The second-order valence-corrected chi connectivity index (χ2v) is 4.74. The second-order valence-electron chi connectivity index (χ2n) is 4.74. The second kappa shape index (κ2) is 5.12. The Morgan fingerprint density at radius 2 is 2.06 bits per heavy atom. The highest BCUT2D eigenvalue weighted by atomic mass is 19.1. The predicted molar refractivity (Wildman–Crippen MR) is 60.7 cm³/mol. The molecule has 0 amide bonds. The summed E-state index contributed by atoms with van der Waals surface area (Å²) < 4.78 is 18.3. The summed E-state index contributed by atoms with van der Waals surface area (Å²) >= 11 is 0. The third-order valence-corrected chi connectivity index (χ3v) is 1.87. The van der Waals surface area contributed by atoms with Crippen molar-refractivity contribution in [2.45, 2.75) is 32.8 Å². The zero-order chi connectivity index (χ0) is 13.9. The largest absolute Gasteiger partial charge is 0.476 e. The van der Waals surface area contributed by atoms with Gasteiger partial charge in [-0.05, 0) is 32.4 Å². The summed E-state index contributed by atoms with van der Waals surface area (Å²) in [7, 11) is 0. The van der Waals surface area contributed by atoms with Crippen LogP contribution >= 0.6 is 0 Å². The molecule has 0 radical (unpaired) electrons. The molecule has 0 atom stereocenters. The van der Waals surface area contributed by atoms with E-state index in [-0.39, 0.29) is 12.0 Å². The molecule has 0 spiro atoms. The maximum atomic E-state index is 13.3. The Morgan fingerprint density at radius 3 is 2.50 bits per heavy atom. The fourth-order valence-corrected chi connectivity index (χ4v) is 1.28. The molecule has 1 N–H and O–H groups in total. The average molecular weight is 255 g/mol. The molecule has 0 saturated heterocycles. The zero-order valence-electron chi connectivity index (χ0n) is 10.4.